The molecule has 5 aromatic rings. The summed E-state index contributed by atoms with van der Waals surface area (Å²) in [6, 6.07) is 12.7. The molecule has 0 saturated heterocycles. The summed E-state index contributed by atoms with van der Waals surface area (Å²) in [6.07, 6.45) is 4.97. The molecule has 3 heterocycles. The van der Waals surface area contributed by atoms with E-state index in [1.165, 1.54) is 19.2 Å². The van der Waals surface area contributed by atoms with Crippen molar-refractivity contribution in [3.63, 3.8) is 0 Å². The average molecular weight is 487 g/mol. The van der Waals surface area contributed by atoms with Crippen LogP contribution in [0, 0.1) is 5.82 Å². The van der Waals surface area contributed by atoms with Crippen LogP contribution in [0.5, 0.6) is 5.75 Å². The van der Waals surface area contributed by atoms with Crippen LogP contribution in [0.2, 0.25) is 0 Å². The van der Waals surface area contributed by atoms with E-state index in [4.69, 9.17) is 4.74 Å². The van der Waals surface area contributed by atoms with Crippen molar-refractivity contribution in [2.45, 2.75) is 6.04 Å². The standard InChI is InChI=1S/C25H23FN8O2/c1-33-20(8-10-28-33)23(15-6-7-21(36-3)18(26)12-15)32-24(35)16-4-5-17-14-27-25(30-19(17)13-16)31-22-9-11-29-34(22)2/h4-14,23H,1-3H3,(H,32,35)(H,27,30,31)/t23-/m0/s1. The summed E-state index contributed by atoms with van der Waals surface area (Å²) in [6.45, 7) is 0. The zero-order valence-electron chi connectivity index (χ0n) is 19.8. The third-order valence-electron chi connectivity index (χ3n) is 5.84. The van der Waals surface area contributed by atoms with Gasteiger partial charge in [0.2, 0.25) is 5.95 Å². The number of ether oxygens (including phenoxy) is 1. The van der Waals surface area contributed by atoms with Crippen molar-refractivity contribution in [2.24, 2.45) is 14.1 Å². The fourth-order valence-corrected chi connectivity index (χ4v) is 3.91. The number of benzene rings is 2. The highest BCUT2D eigenvalue weighted by atomic mass is 19.1. The Morgan fingerprint density at radius 1 is 1.03 bits per heavy atom. The van der Waals surface area contributed by atoms with Crippen molar-refractivity contribution in [3.05, 3.63) is 89.8 Å². The molecule has 2 N–H and O–H groups in total. The molecule has 0 fully saturated rings. The molecule has 0 bridgehead atoms. The number of hydrogen-bond acceptors (Lipinski definition) is 7. The Morgan fingerprint density at radius 2 is 1.83 bits per heavy atom. The molecular weight excluding hydrogens is 463 g/mol. The Bertz CT molecular complexity index is 1560. The average Bonchev–Trinajstić information content (AvgIpc) is 3.49. The van der Waals surface area contributed by atoms with Gasteiger partial charge in [-0.05, 0) is 35.9 Å². The van der Waals surface area contributed by atoms with Crippen molar-refractivity contribution in [3.8, 4) is 5.75 Å². The Kier molecular flexibility index (Phi) is 6.03. The van der Waals surface area contributed by atoms with Gasteiger partial charge >= 0.3 is 0 Å². The molecule has 0 saturated carbocycles. The smallest absolute Gasteiger partial charge is 0.252 e. The summed E-state index contributed by atoms with van der Waals surface area (Å²) >= 11 is 0. The zero-order chi connectivity index (χ0) is 25.2. The third-order valence-corrected chi connectivity index (χ3v) is 5.84. The van der Waals surface area contributed by atoms with Crippen LogP contribution in [0.15, 0.2) is 67.1 Å². The quantitative estimate of drug-likeness (QED) is 0.362. The van der Waals surface area contributed by atoms with Gasteiger partial charge in [0.15, 0.2) is 11.6 Å². The number of amides is 1. The molecule has 0 aliphatic rings. The first-order chi connectivity index (χ1) is 17.4. The number of aromatic nitrogens is 6. The molecule has 11 heteroatoms. The molecule has 10 nitrogen and oxygen atoms in total. The van der Waals surface area contributed by atoms with Crippen molar-refractivity contribution in [1.29, 1.82) is 0 Å². The van der Waals surface area contributed by atoms with Gasteiger partial charge in [-0.25, -0.2) is 14.4 Å². The van der Waals surface area contributed by atoms with Gasteiger partial charge in [0.1, 0.15) is 5.82 Å². The number of rotatable bonds is 7. The highest BCUT2D eigenvalue weighted by Crippen LogP contribution is 2.27. The molecule has 1 amide bonds. The van der Waals surface area contributed by atoms with Gasteiger partial charge in [-0.15, -0.1) is 0 Å². The van der Waals surface area contributed by atoms with E-state index in [2.05, 4.69) is 30.8 Å². The SMILES string of the molecule is COc1ccc([C@H](NC(=O)c2ccc3cnc(Nc4ccnn4C)nc3c2)c2ccnn2C)cc1F. The molecule has 3 aromatic heterocycles. The summed E-state index contributed by atoms with van der Waals surface area (Å²) < 4.78 is 22.8. The Hall–Kier alpha value is -4.80. The van der Waals surface area contributed by atoms with Crippen LogP contribution >= 0.6 is 0 Å². The maximum atomic E-state index is 14.5. The van der Waals surface area contributed by atoms with Gasteiger partial charge in [0.25, 0.3) is 5.91 Å². The molecule has 1 atom stereocenters. The molecule has 0 radical (unpaired) electrons. The summed E-state index contributed by atoms with van der Waals surface area (Å²) in [4.78, 5) is 22.2. The number of halogens is 1. The van der Waals surface area contributed by atoms with E-state index in [0.717, 1.165) is 11.2 Å². The lowest BCUT2D eigenvalue weighted by atomic mass is 10.0. The van der Waals surface area contributed by atoms with Gasteiger partial charge < -0.3 is 15.4 Å². The minimum atomic E-state index is -0.645. The van der Waals surface area contributed by atoms with E-state index in [1.54, 1.807) is 78.4 Å². The van der Waals surface area contributed by atoms with Gasteiger partial charge in [-0.1, -0.05) is 12.1 Å². The predicted molar refractivity (Wildman–Crippen MR) is 131 cm³/mol. The number of hydrogen-bond donors (Lipinski definition) is 2. The lowest BCUT2D eigenvalue weighted by molar-refractivity contribution is 0.0941. The molecular formula is C25H23FN8O2. The Balaban J connectivity index is 1.45. The molecule has 5 rings (SSSR count). The molecule has 36 heavy (non-hydrogen) atoms. The minimum Gasteiger partial charge on any atom is -0.494 e. The van der Waals surface area contributed by atoms with Gasteiger partial charge in [-0.2, -0.15) is 10.2 Å². The molecule has 0 aliphatic heterocycles. The van der Waals surface area contributed by atoms with Crippen molar-refractivity contribution in [2.75, 3.05) is 12.4 Å². The first-order valence-corrected chi connectivity index (χ1v) is 11.1. The molecule has 182 valence electrons. The van der Waals surface area contributed by atoms with E-state index in [1.807, 2.05) is 0 Å². The summed E-state index contributed by atoms with van der Waals surface area (Å²) in [5.41, 5.74) is 2.23. The van der Waals surface area contributed by atoms with Crippen LogP contribution < -0.4 is 15.4 Å². The second-order valence-electron chi connectivity index (χ2n) is 8.11. The van der Waals surface area contributed by atoms with Crippen LogP contribution in [0.4, 0.5) is 16.2 Å². The first kappa shape index (κ1) is 23.0. The predicted octanol–water partition coefficient (Wildman–Crippen LogP) is 3.51. The highest BCUT2D eigenvalue weighted by molar-refractivity contribution is 5.98. The number of anilines is 2. The van der Waals surface area contributed by atoms with Gasteiger partial charge in [0, 0.05) is 43.5 Å². The Labute approximate surface area is 205 Å². The largest absolute Gasteiger partial charge is 0.494 e. The van der Waals surface area contributed by atoms with Crippen LogP contribution in [0.25, 0.3) is 10.9 Å². The second kappa shape index (κ2) is 9.45. The first-order valence-electron chi connectivity index (χ1n) is 11.1. The molecule has 0 aliphatic carbocycles. The normalized spacial score (nSPS) is 11.9. The number of methoxy groups -OCH3 is 1. The van der Waals surface area contributed by atoms with Crippen LogP contribution in [0.1, 0.15) is 27.7 Å². The number of carbonyl (C=O) groups is 1. The summed E-state index contributed by atoms with van der Waals surface area (Å²) in [5, 5.41) is 15.2. The van der Waals surface area contributed by atoms with E-state index in [-0.39, 0.29) is 11.7 Å². The lowest BCUT2D eigenvalue weighted by Gasteiger charge is -2.20. The van der Waals surface area contributed by atoms with E-state index in [0.29, 0.717) is 28.3 Å². The van der Waals surface area contributed by atoms with E-state index < -0.39 is 11.9 Å². The number of carbonyl (C=O) groups excluding carboxylic acids is 1. The fraction of sp³-hybridized carbons (Fsp3) is 0.160. The second-order valence-corrected chi connectivity index (χ2v) is 8.11. The number of fused-ring (bicyclic) bond motifs is 1. The maximum Gasteiger partial charge on any atom is 0.252 e. The zero-order valence-corrected chi connectivity index (χ0v) is 19.8. The molecule has 0 spiro atoms. The van der Waals surface area contributed by atoms with Crippen molar-refractivity contribution < 1.29 is 13.9 Å². The van der Waals surface area contributed by atoms with Crippen LogP contribution in [-0.2, 0) is 14.1 Å². The minimum absolute atomic E-state index is 0.124. The highest BCUT2D eigenvalue weighted by Gasteiger charge is 2.22. The van der Waals surface area contributed by atoms with Crippen molar-refractivity contribution in [1.82, 2.24) is 34.8 Å². The van der Waals surface area contributed by atoms with E-state index in [9.17, 15) is 9.18 Å². The van der Waals surface area contributed by atoms with E-state index >= 15 is 0 Å². The summed E-state index contributed by atoms with van der Waals surface area (Å²) in [7, 11) is 4.97. The number of aryl methyl sites for hydroxylation is 2. The van der Waals surface area contributed by atoms with Gasteiger partial charge in [-0.3, -0.25) is 14.2 Å². The third kappa shape index (κ3) is 4.45. The van der Waals surface area contributed by atoms with Crippen LogP contribution in [0.3, 0.4) is 0 Å². The monoisotopic (exact) mass is 486 g/mol. The van der Waals surface area contributed by atoms with Crippen LogP contribution in [-0.4, -0.2) is 42.5 Å². The maximum absolute atomic E-state index is 14.5. The molecule has 2 aromatic carbocycles. The number of nitrogens with one attached hydrogen (secondary N) is 2. The number of nitrogens with zero attached hydrogens (tertiary/aromatic N) is 6. The Morgan fingerprint density at radius 3 is 2.53 bits per heavy atom. The van der Waals surface area contributed by atoms with Gasteiger partial charge in [0.05, 0.1) is 30.6 Å². The summed E-state index contributed by atoms with van der Waals surface area (Å²) in [5.74, 6) is 0.365. The topological polar surface area (TPSA) is 112 Å². The van der Waals surface area contributed by atoms with Crippen molar-refractivity contribution >= 4 is 28.6 Å². The molecule has 0 unspecified atom stereocenters. The lowest BCUT2D eigenvalue weighted by Crippen LogP contribution is -2.30. The fourth-order valence-electron chi connectivity index (χ4n) is 3.91.